The Bertz CT molecular complexity index is 1730. The minimum absolute atomic E-state index is 0.0187. The van der Waals surface area contributed by atoms with Crippen LogP contribution in [0.25, 0.3) is 11.0 Å². The summed E-state index contributed by atoms with van der Waals surface area (Å²) in [5, 5.41) is 10.0. The number of hydrogen-bond acceptors (Lipinski definition) is 7. The maximum Gasteiger partial charge on any atom is 0.335 e. The molecule has 9 nitrogen and oxygen atoms in total. The molecule has 8 rings (SSSR count). The Kier molecular flexibility index (Phi) is 5.80. The highest BCUT2D eigenvalue weighted by molar-refractivity contribution is 6.30. The highest BCUT2D eigenvalue weighted by Crippen LogP contribution is 2.62. The minimum atomic E-state index is -1.16. The lowest BCUT2D eigenvalue weighted by atomic mass is 10.0. The molecule has 3 unspecified atom stereocenters. The number of benzene rings is 2. The molecule has 42 heavy (non-hydrogen) atoms. The largest absolute Gasteiger partial charge is 0.478 e. The third kappa shape index (κ3) is 4.15. The van der Waals surface area contributed by atoms with Crippen molar-refractivity contribution in [1.29, 1.82) is 0 Å². The summed E-state index contributed by atoms with van der Waals surface area (Å²) < 4.78 is 35.2. The highest BCUT2D eigenvalue weighted by Gasteiger charge is 2.58. The van der Waals surface area contributed by atoms with Crippen molar-refractivity contribution in [2.75, 3.05) is 19.7 Å². The standard InChI is InChI=1S/C31H28ClFN4O5/c1-31(25-6-5-17(32)11-34-25)41-24-4-2-3-19(29(24)42-31)27-20-13-36(14-21(20)27)15-26-35-28-22(33)9-16(30(38)39)10-23(28)37(26)12-18-7-8-40-18/h2-6,9-11,18,20-21,27H,7-8,12-15H2,1H3,(H,38,39)/t18?,20-,21+,27?,31?. The van der Waals surface area contributed by atoms with Gasteiger partial charge in [0.25, 0.3) is 5.79 Å². The smallest absolute Gasteiger partial charge is 0.335 e. The van der Waals surface area contributed by atoms with Gasteiger partial charge in [-0.2, -0.15) is 0 Å². The number of carboxylic acids is 1. The number of halogens is 2. The number of imidazole rings is 1. The van der Waals surface area contributed by atoms with Gasteiger partial charge in [-0.05, 0) is 54.5 Å². The summed E-state index contributed by atoms with van der Waals surface area (Å²) in [4.78, 5) is 23.0. The Morgan fingerprint density at radius 3 is 2.69 bits per heavy atom. The Hall–Kier alpha value is -3.73. The van der Waals surface area contributed by atoms with Crippen LogP contribution in [0, 0.1) is 17.7 Å². The molecule has 3 fully saturated rings. The van der Waals surface area contributed by atoms with E-state index in [4.69, 9.17) is 25.8 Å². The Labute approximate surface area is 245 Å². The van der Waals surface area contributed by atoms with Crippen LogP contribution >= 0.6 is 11.6 Å². The molecule has 2 saturated heterocycles. The summed E-state index contributed by atoms with van der Waals surface area (Å²) in [5.74, 6) is 0.678. The van der Waals surface area contributed by atoms with Gasteiger partial charge in [0.1, 0.15) is 17.0 Å². The molecule has 1 saturated carbocycles. The second-order valence-electron chi connectivity index (χ2n) is 11.8. The van der Waals surface area contributed by atoms with Crippen molar-refractivity contribution in [3.8, 4) is 11.5 Å². The molecule has 0 amide bonds. The molecule has 4 aliphatic rings. The summed E-state index contributed by atoms with van der Waals surface area (Å²) in [7, 11) is 0. The number of carboxylic acid groups (broad SMARTS) is 1. The third-order valence-electron chi connectivity index (χ3n) is 9.11. The molecule has 2 aromatic heterocycles. The molecule has 5 heterocycles. The van der Waals surface area contributed by atoms with E-state index in [-0.39, 0.29) is 17.2 Å². The first-order valence-electron chi connectivity index (χ1n) is 14.2. The van der Waals surface area contributed by atoms with Crippen LogP contribution < -0.4 is 9.47 Å². The molecule has 3 aliphatic heterocycles. The van der Waals surface area contributed by atoms with Crippen LogP contribution in [0.5, 0.6) is 11.5 Å². The molecule has 216 valence electrons. The van der Waals surface area contributed by atoms with Gasteiger partial charge < -0.3 is 23.9 Å². The summed E-state index contributed by atoms with van der Waals surface area (Å²) in [5.41, 5.74) is 2.41. The van der Waals surface area contributed by atoms with E-state index in [1.807, 2.05) is 29.7 Å². The molecular formula is C31H28ClFN4O5. The minimum Gasteiger partial charge on any atom is -0.478 e. The van der Waals surface area contributed by atoms with Crippen molar-refractivity contribution in [2.24, 2.45) is 11.8 Å². The van der Waals surface area contributed by atoms with E-state index in [9.17, 15) is 14.3 Å². The van der Waals surface area contributed by atoms with E-state index in [1.54, 1.807) is 12.3 Å². The predicted octanol–water partition coefficient (Wildman–Crippen LogP) is 5.20. The first kappa shape index (κ1) is 25.9. The van der Waals surface area contributed by atoms with Crippen molar-refractivity contribution in [3.05, 3.63) is 82.1 Å². The van der Waals surface area contributed by atoms with Gasteiger partial charge in [0.05, 0.1) is 35.3 Å². The molecular weight excluding hydrogens is 563 g/mol. The molecule has 0 radical (unpaired) electrons. The number of pyridine rings is 1. The van der Waals surface area contributed by atoms with Crippen LogP contribution in [-0.4, -0.2) is 56.3 Å². The SMILES string of the molecule is CC1(c2ccc(Cl)cn2)Oc2cccc(C3[C@H]4CN(Cc5nc6c(F)cc(C(=O)O)cc6n5CC5CCO5)C[C@@H]34)c2O1. The lowest BCUT2D eigenvalue weighted by Gasteiger charge is -2.28. The molecule has 2 aromatic carbocycles. The number of para-hydroxylation sites is 1. The van der Waals surface area contributed by atoms with Crippen molar-refractivity contribution < 1.29 is 28.5 Å². The number of likely N-dealkylation sites (tertiary alicyclic amines) is 1. The summed E-state index contributed by atoms with van der Waals surface area (Å²) in [6.07, 6.45) is 2.52. The topological polar surface area (TPSA) is 98.9 Å². The number of nitrogens with zero attached hydrogens (tertiary/aromatic N) is 4. The van der Waals surface area contributed by atoms with E-state index in [1.165, 1.54) is 6.07 Å². The van der Waals surface area contributed by atoms with Crippen LogP contribution in [0.3, 0.4) is 0 Å². The summed E-state index contributed by atoms with van der Waals surface area (Å²) in [6.45, 7) is 5.39. The molecule has 1 aliphatic carbocycles. The van der Waals surface area contributed by atoms with Gasteiger partial charge in [-0.1, -0.05) is 23.7 Å². The molecule has 5 atom stereocenters. The van der Waals surface area contributed by atoms with Crippen molar-refractivity contribution in [3.63, 3.8) is 0 Å². The first-order chi connectivity index (χ1) is 20.3. The maximum atomic E-state index is 14.9. The van der Waals surface area contributed by atoms with Gasteiger partial charge in [-0.25, -0.2) is 14.2 Å². The highest BCUT2D eigenvalue weighted by atomic mass is 35.5. The number of aromatic nitrogens is 3. The average Bonchev–Trinajstić information content (AvgIpc) is 3.23. The lowest BCUT2D eigenvalue weighted by Crippen LogP contribution is -2.33. The van der Waals surface area contributed by atoms with Crippen LogP contribution in [-0.2, 0) is 23.6 Å². The second-order valence-corrected chi connectivity index (χ2v) is 12.2. The van der Waals surface area contributed by atoms with Gasteiger partial charge in [0.15, 0.2) is 17.3 Å². The van der Waals surface area contributed by atoms with E-state index in [2.05, 4.69) is 20.9 Å². The van der Waals surface area contributed by atoms with E-state index in [0.717, 1.165) is 42.7 Å². The van der Waals surface area contributed by atoms with Gasteiger partial charge in [-0.15, -0.1) is 0 Å². The van der Waals surface area contributed by atoms with Crippen LogP contribution in [0.2, 0.25) is 5.02 Å². The normalized spacial score (nSPS) is 27.7. The molecule has 1 N–H and O–H groups in total. The fourth-order valence-corrected chi connectivity index (χ4v) is 6.98. The van der Waals surface area contributed by atoms with Crippen molar-refractivity contribution in [2.45, 2.75) is 44.2 Å². The van der Waals surface area contributed by atoms with E-state index >= 15 is 0 Å². The monoisotopic (exact) mass is 590 g/mol. The number of aromatic carboxylic acids is 1. The number of rotatable bonds is 7. The molecule has 0 bridgehead atoms. The quantitative estimate of drug-likeness (QED) is 0.314. The Balaban J connectivity index is 1.01. The molecule has 4 aromatic rings. The molecule has 0 spiro atoms. The maximum absolute atomic E-state index is 14.9. The van der Waals surface area contributed by atoms with Gasteiger partial charge >= 0.3 is 5.97 Å². The van der Waals surface area contributed by atoms with E-state index < -0.39 is 17.6 Å². The number of hydrogen-bond donors (Lipinski definition) is 1. The zero-order chi connectivity index (χ0) is 28.7. The van der Waals surface area contributed by atoms with Gasteiger partial charge in [-0.3, -0.25) is 9.88 Å². The fraction of sp³-hybridized carbons (Fsp3) is 0.387. The second kappa shape index (κ2) is 9.39. The third-order valence-corrected chi connectivity index (χ3v) is 9.33. The van der Waals surface area contributed by atoms with Crippen molar-refractivity contribution >= 4 is 28.6 Å². The van der Waals surface area contributed by atoms with Crippen LogP contribution in [0.1, 0.15) is 46.7 Å². The zero-order valence-electron chi connectivity index (χ0n) is 22.8. The Morgan fingerprint density at radius 2 is 2.00 bits per heavy atom. The first-order valence-corrected chi connectivity index (χ1v) is 14.5. The number of piperidine rings is 1. The lowest BCUT2D eigenvalue weighted by molar-refractivity contribution is -0.0721. The van der Waals surface area contributed by atoms with Gasteiger partial charge in [0.2, 0.25) is 0 Å². The molecule has 11 heteroatoms. The number of carbonyl (C=O) groups is 1. The van der Waals surface area contributed by atoms with Gasteiger partial charge in [0, 0.05) is 38.4 Å². The zero-order valence-corrected chi connectivity index (χ0v) is 23.6. The summed E-state index contributed by atoms with van der Waals surface area (Å²) in [6, 6.07) is 12.2. The fourth-order valence-electron chi connectivity index (χ4n) is 6.87. The number of fused-ring (bicyclic) bond motifs is 3. The average molecular weight is 591 g/mol. The van der Waals surface area contributed by atoms with Crippen LogP contribution in [0.15, 0.2) is 48.7 Å². The number of ether oxygens (including phenoxy) is 3. The van der Waals surface area contributed by atoms with Crippen molar-refractivity contribution in [1.82, 2.24) is 19.4 Å². The van der Waals surface area contributed by atoms with E-state index in [0.29, 0.717) is 59.4 Å². The predicted molar refractivity (Wildman–Crippen MR) is 150 cm³/mol. The van der Waals surface area contributed by atoms with Crippen LogP contribution in [0.4, 0.5) is 4.39 Å². The summed E-state index contributed by atoms with van der Waals surface area (Å²) >= 11 is 6.03. The Morgan fingerprint density at radius 1 is 1.19 bits per heavy atom.